The maximum absolute atomic E-state index is 13.4. The highest BCUT2D eigenvalue weighted by atomic mass is 79.9. The number of β-amino-alcohol motifs (C(OH)–C–C–N with tert-alkyl or cyclic N) is 1. The number of thioether (sulfide) groups is 1. The van der Waals surface area contributed by atoms with Crippen LogP contribution >= 0.6 is 27.7 Å². The van der Waals surface area contributed by atoms with Crippen LogP contribution in [0.4, 0.5) is 0 Å². The van der Waals surface area contributed by atoms with Crippen molar-refractivity contribution < 1.29 is 24.2 Å². The van der Waals surface area contributed by atoms with Crippen LogP contribution in [0.3, 0.4) is 0 Å². The van der Waals surface area contributed by atoms with Crippen LogP contribution in [0.25, 0.3) is 0 Å². The number of aliphatic hydroxyl groups is 1. The first-order chi connectivity index (χ1) is 14.4. The Balaban J connectivity index is 1.64. The quantitative estimate of drug-likeness (QED) is 0.436. The maximum atomic E-state index is 13.4. The Morgan fingerprint density at radius 3 is 2.77 bits per heavy atom. The number of halogens is 1. The number of likely N-dealkylation sites (tertiary alicyclic amines) is 1. The van der Waals surface area contributed by atoms with E-state index in [4.69, 9.17) is 4.74 Å². The summed E-state index contributed by atoms with van der Waals surface area (Å²) in [5.74, 6) is -2.07. The van der Waals surface area contributed by atoms with Gasteiger partial charge in [0, 0.05) is 23.2 Å². The molecule has 3 aliphatic rings. The predicted octanol–water partition coefficient (Wildman–Crippen LogP) is 1.32. The highest BCUT2D eigenvalue weighted by Gasteiger charge is 2.75. The van der Waals surface area contributed by atoms with Crippen LogP contribution < -0.4 is 5.32 Å². The monoisotopic (exact) mass is 496 g/mol. The van der Waals surface area contributed by atoms with Gasteiger partial charge in [-0.05, 0) is 18.9 Å². The highest BCUT2D eigenvalue weighted by Crippen LogP contribution is 2.67. The van der Waals surface area contributed by atoms with Gasteiger partial charge in [-0.1, -0.05) is 46.3 Å². The average Bonchev–Trinajstić information content (AvgIpc) is 3.31. The number of rotatable bonds is 7. The minimum absolute atomic E-state index is 0.0134. The van der Waals surface area contributed by atoms with Crippen molar-refractivity contribution in [1.82, 2.24) is 10.2 Å². The molecule has 30 heavy (non-hydrogen) atoms. The lowest BCUT2D eigenvalue weighted by atomic mass is 9.71. The van der Waals surface area contributed by atoms with E-state index in [1.54, 1.807) is 18.7 Å². The topological polar surface area (TPSA) is 95.9 Å². The largest absolute Gasteiger partial charge is 0.466 e. The normalized spacial score (nSPS) is 34.2. The van der Waals surface area contributed by atoms with Crippen LogP contribution in [0.15, 0.2) is 30.3 Å². The fraction of sp³-hybridized carbons (Fsp3) is 0.571. The fourth-order valence-corrected chi connectivity index (χ4v) is 8.77. The summed E-state index contributed by atoms with van der Waals surface area (Å²) in [6.07, 6.45) is 0.611. The van der Waals surface area contributed by atoms with Crippen molar-refractivity contribution in [2.24, 2.45) is 11.8 Å². The summed E-state index contributed by atoms with van der Waals surface area (Å²) in [6.45, 7) is 2.16. The zero-order valence-corrected chi connectivity index (χ0v) is 19.0. The lowest BCUT2D eigenvalue weighted by Crippen LogP contribution is -2.54. The number of carbonyl (C=O) groups is 3. The Kier molecular flexibility index (Phi) is 6.14. The van der Waals surface area contributed by atoms with Crippen molar-refractivity contribution in [2.45, 2.75) is 40.8 Å². The first-order valence-corrected chi connectivity index (χ1v) is 12.0. The van der Waals surface area contributed by atoms with Crippen molar-refractivity contribution in [3.63, 3.8) is 0 Å². The summed E-state index contributed by atoms with van der Waals surface area (Å²) in [4.78, 5) is 40.9. The minimum Gasteiger partial charge on any atom is -0.466 e. The standard InChI is InChI=1S/C21H25BrN2O5S/c1-2-29-20(28)14-15-19(27)24(8-9-25)17(21(15)10-13(22)16(14)30-21)18(26)23-11-12-6-4-3-5-7-12/h3-7,13-17,25H,2,8-11H2,1H3,(H,23,26)/t13?,14-,15+,16-,17?,21?/m1/s1. The number of amides is 2. The van der Waals surface area contributed by atoms with Crippen LogP contribution in [0.5, 0.6) is 0 Å². The smallest absolute Gasteiger partial charge is 0.310 e. The molecule has 1 aromatic rings. The SMILES string of the molecule is CCOC(=O)[C@H]1[C@@H]2SC3(CC2Br)C(C(=O)NCc2ccccc2)N(CCO)C(=O)[C@H]13. The summed E-state index contributed by atoms with van der Waals surface area (Å²) in [7, 11) is 0. The maximum Gasteiger partial charge on any atom is 0.310 e. The molecule has 2 N–H and O–H groups in total. The Bertz CT molecular complexity index is 840. The Hall–Kier alpha value is -1.58. The number of ether oxygens (including phenoxy) is 1. The number of aliphatic hydroxyl groups excluding tert-OH is 1. The van der Waals surface area contributed by atoms with Gasteiger partial charge in [-0.2, -0.15) is 0 Å². The van der Waals surface area contributed by atoms with E-state index in [1.165, 1.54) is 4.90 Å². The molecule has 0 aromatic heterocycles. The average molecular weight is 497 g/mol. The molecule has 3 fully saturated rings. The van der Waals surface area contributed by atoms with Crippen molar-refractivity contribution >= 4 is 45.5 Å². The molecule has 6 atom stereocenters. The second kappa shape index (κ2) is 8.51. The van der Waals surface area contributed by atoms with Crippen molar-refractivity contribution in [3.05, 3.63) is 35.9 Å². The first-order valence-electron chi connectivity index (χ1n) is 10.2. The van der Waals surface area contributed by atoms with Gasteiger partial charge in [0.15, 0.2) is 0 Å². The number of alkyl halides is 1. The van der Waals surface area contributed by atoms with Crippen molar-refractivity contribution in [1.29, 1.82) is 0 Å². The predicted molar refractivity (Wildman–Crippen MR) is 116 cm³/mol. The number of carbonyl (C=O) groups excluding carboxylic acids is 3. The van der Waals surface area contributed by atoms with Gasteiger partial charge in [0.25, 0.3) is 0 Å². The molecule has 1 aromatic carbocycles. The van der Waals surface area contributed by atoms with Gasteiger partial charge < -0.3 is 20.1 Å². The Labute approximate surface area is 188 Å². The summed E-state index contributed by atoms with van der Waals surface area (Å²) in [6, 6.07) is 8.83. The van der Waals surface area contributed by atoms with E-state index in [-0.39, 0.29) is 47.6 Å². The molecule has 3 heterocycles. The molecule has 2 amide bonds. The molecule has 3 unspecified atom stereocenters. The number of hydrogen-bond donors (Lipinski definition) is 2. The van der Waals surface area contributed by atoms with Gasteiger partial charge in [0.05, 0.1) is 29.8 Å². The number of fused-ring (bicyclic) bond motifs is 1. The third-order valence-corrected chi connectivity index (χ3v) is 9.47. The minimum atomic E-state index is -0.736. The van der Waals surface area contributed by atoms with Crippen LogP contribution in [0.2, 0.25) is 0 Å². The molecular formula is C21H25BrN2O5S. The van der Waals surface area contributed by atoms with Gasteiger partial charge in [0.1, 0.15) is 6.04 Å². The van der Waals surface area contributed by atoms with E-state index >= 15 is 0 Å². The number of benzene rings is 1. The molecular weight excluding hydrogens is 472 g/mol. The first kappa shape index (κ1) is 21.6. The van der Waals surface area contributed by atoms with E-state index in [9.17, 15) is 19.5 Å². The van der Waals surface area contributed by atoms with E-state index < -0.39 is 22.6 Å². The molecule has 1 spiro atoms. The van der Waals surface area contributed by atoms with Crippen LogP contribution in [0.1, 0.15) is 18.9 Å². The number of nitrogens with one attached hydrogen (secondary N) is 1. The molecule has 7 nitrogen and oxygen atoms in total. The lowest BCUT2D eigenvalue weighted by Gasteiger charge is -2.35. The summed E-state index contributed by atoms with van der Waals surface area (Å²) in [5.41, 5.74) is 0.962. The molecule has 9 heteroatoms. The second-order valence-electron chi connectivity index (χ2n) is 7.87. The van der Waals surface area contributed by atoms with Gasteiger partial charge in [-0.25, -0.2) is 0 Å². The fourth-order valence-electron chi connectivity index (χ4n) is 5.17. The number of nitrogens with zero attached hydrogens (tertiary/aromatic N) is 1. The van der Waals surface area contributed by atoms with Crippen LogP contribution in [-0.2, 0) is 25.7 Å². The van der Waals surface area contributed by atoms with E-state index in [1.807, 2.05) is 30.3 Å². The molecule has 0 aliphatic carbocycles. The summed E-state index contributed by atoms with van der Waals surface area (Å²) < 4.78 is 4.58. The van der Waals surface area contributed by atoms with Crippen LogP contribution in [-0.4, -0.2) is 68.4 Å². The molecule has 4 rings (SSSR count). The number of esters is 1. The molecule has 0 saturated carbocycles. The second-order valence-corrected chi connectivity index (χ2v) is 10.6. The third-order valence-electron chi connectivity index (χ3n) is 6.25. The zero-order valence-electron chi connectivity index (χ0n) is 16.6. The molecule has 3 aliphatic heterocycles. The van der Waals surface area contributed by atoms with E-state index in [0.717, 1.165) is 5.56 Å². The summed E-state index contributed by atoms with van der Waals surface area (Å²) in [5, 5.41) is 12.4. The van der Waals surface area contributed by atoms with Gasteiger partial charge in [0.2, 0.25) is 11.8 Å². The van der Waals surface area contributed by atoms with Gasteiger partial charge in [-0.3, -0.25) is 14.4 Å². The molecule has 3 saturated heterocycles. The molecule has 0 radical (unpaired) electrons. The number of hydrogen-bond acceptors (Lipinski definition) is 6. The Morgan fingerprint density at radius 1 is 1.37 bits per heavy atom. The highest BCUT2D eigenvalue weighted by molar-refractivity contribution is 9.09. The van der Waals surface area contributed by atoms with Crippen molar-refractivity contribution in [3.8, 4) is 0 Å². The lowest BCUT2D eigenvalue weighted by molar-refractivity contribution is -0.153. The van der Waals surface area contributed by atoms with Crippen LogP contribution in [0, 0.1) is 11.8 Å². The van der Waals surface area contributed by atoms with Crippen molar-refractivity contribution in [2.75, 3.05) is 19.8 Å². The van der Waals surface area contributed by atoms with E-state index in [0.29, 0.717) is 13.0 Å². The molecule has 162 valence electrons. The molecule has 2 bridgehead atoms. The zero-order chi connectivity index (χ0) is 21.5. The van der Waals surface area contributed by atoms with Gasteiger partial charge >= 0.3 is 5.97 Å². The Morgan fingerprint density at radius 2 is 2.10 bits per heavy atom. The summed E-state index contributed by atoms with van der Waals surface area (Å²) >= 11 is 5.24. The van der Waals surface area contributed by atoms with E-state index in [2.05, 4.69) is 21.2 Å². The van der Waals surface area contributed by atoms with Gasteiger partial charge in [-0.15, -0.1) is 11.8 Å². The third kappa shape index (κ3) is 3.35.